The number of rotatable bonds is 5. The summed E-state index contributed by atoms with van der Waals surface area (Å²) >= 11 is 0. The number of carbonyl (C=O) groups is 2. The van der Waals surface area contributed by atoms with Crippen LogP contribution in [-0.4, -0.2) is 58.3 Å². The minimum Gasteiger partial charge on any atom is -0.481 e. The Kier molecular flexibility index (Phi) is 9.61. The van der Waals surface area contributed by atoms with Gasteiger partial charge in [-0.05, 0) is 109 Å². The summed E-state index contributed by atoms with van der Waals surface area (Å²) in [4.78, 5) is 34.3. The van der Waals surface area contributed by atoms with Gasteiger partial charge < -0.3 is 25.0 Å². The van der Waals surface area contributed by atoms with Crippen LogP contribution in [-0.2, 0) is 19.4 Å². The molecule has 0 spiro atoms. The van der Waals surface area contributed by atoms with Gasteiger partial charge in [0.25, 0.3) is 5.91 Å². The van der Waals surface area contributed by atoms with Crippen LogP contribution < -0.4 is 15.0 Å². The van der Waals surface area contributed by atoms with Crippen molar-refractivity contribution in [3.05, 3.63) is 64.4 Å². The molecule has 1 saturated carbocycles. The fraction of sp³-hybridized carbons (Fsp3) is 0.545. The predicted octanol–water partition coefficient (Wildman–Crippen LogP) is 6.29. The molecule has 2 N–H and O–H groups in total. The number of carbonyl (C=O) groups excluding carboxylic acids is 1. The Balaban J connectivity index is 1.60. The smallest absolute Gasteiger partial charge is 0.407 e. The van der Waals surface area contributed by atoms with E-state index in [1.165, 1.54) is 0 Å². The summed E-state index contributed by atoms with van der Waals surface area (Å²) in [5.41, 5.74) is 5.35. The summed E-state index contributed by atoms with van der Waals surface area (Å²) in [7, 11) is 1.62. The van der Waals surface area contributed by atoms with Gasteiger partial charge in [-0.3, -0.25) is 4.79 Å². The van der Waals surface area contributed by atoms with Crippen LogP contribution in [0.15, 0.2) is 36.4 Å². The van der Waals surface area contributed by atoms with Crippen molar-refractivity contribution in [3.8, 4) is 5.88 Å². The molecule has 2 aliphatic rings. The van der Waals surface area contributed by atoms with Crippen LogP contribution in [0.25, 0.3) is 0 Å². The summed E-state index contributed by atoms with van der Waals surface area (Å²) in [5.74, 6) is 0.461. The summed E-state index contributed by atoms with van der Waals surface area (Å²) in [5, 5.41) is 13.1. The average Bonchev–Trinajstić information content (AvgIpc) is 2.91. The lowest BCUT2D eigenvalue weighted by Crippen LogP contribution is -2.53. The lowest BCUT2D eigenvalue weighted by molar-refractivity contribution is 0.0545. The van der Waals surface area contributed by atoms with E-state index in [0.717, 1.165) is 73.1 Å². The molecular formula is C33H46N4O4. The van der Waals surface area contributed by atoms with E-state index in [9.17, 15) is 14.7 Å². The van der Waals surface area contributed by atoms with Crippen LogP contribution in [0.5, 0.6) is 5.88 Å². The topological polar surface area (TPSA) is 95.0 Å². The second kappa shape index (κ2) is 13.0. The van der Waals surface area contributed by atoms with Crippen molar-refractivity contribution in [2.24, 2.45) is 0 Å². The summed E-state index contributed by atoms with van der Waals surface area (Å²) in [6.45, 7) is 11.2. The Labute approximate surface area is 244 Å². The Morgan fingerprint density at radius 3 is 2.46 bits per heavy atom. The summed E-state index contributed by atoms with van der Waals surface area (Å²) in [6, 6.07) is 8.41. The quantitative estimate of drug-likeness (QED) is 0.416. The number of amides is 2. The third-order valence-electron chi connectivity index (χ3n) is 8.44. The first kappa shape index (κ1) is 30.4. The van der Waals surface area contributed by atoms with Gasteiger partial charge in [0.15, 0.2) is 0 Å². The first-order chi connectivity index (χ1) is 19.5. The van der Waals surface area contributed by atoms with Crippen molar-refractivity contribution >= 4 is 17.7 Å². The minimum atomic E-state index is -0.847. The second-order valence-corrected chi connectivity index (χ2v) is 12.2. The molecule has 1 aliphatic heterocycles. The van der Waals surface area contributed by atoms with Crippen molar-refractivity contribution in [1.82, 2.24) is 15.2 Å². The van der Waals surface area contributed by atoms with Gasteiger partial charge in [-0.25, -0.2) is 9.78 Å². The van der Waals surface area contributed by atoms with Gasteiger partial charge in [0, 0.05) is 53.2 Å². The molecule has 0 bridgehead atoms. The van der Waals surface area contributed by atoms with Gasteiger partial charge in [-0.1, -0.05) is 18.2 Å². The van der Waals surface area contributed by atoms with Crippen LogP contribution in [0, 0.1) is 6.92 Å². The van der Waals surface area contributed by atoms with Crippen molar-refractivity contribution in [3.63, 3.8) is 0 Å². The number of allylic oxidation sites excluding steroid dienone is 2. The highest BCUT2D eigenvalue weighted by molar-refractivity contribution is 5.97. The number of fused-ring (bicyclic) bond motifs is 2. The molecule has 41 heavy (non-hydrogen) atoms. The van der Waals surface area contributed by atoms with E-state index < -0.39 is 11.6 Å². The molecule has 0 radical (unpaired) electrons. The van der Waals surface area contributed by atoms with Crippen LogP contribution >= 0.6 is 0 Å². The zero-order chi connectivity index (χ0) is 29.7. The van der Waals surface area contributed by atoms with Crippen molar-refractivity contribution in [2.45, 2.75) is 104 Å². The molecule has 1 aliphatic carbocycles. The SMILES string of the molecule is CCN(c1cccc2c1CC=CCCc1cc(C)nc(OC)c1CNC2=O)C1CCC(N(C(=O)O)C(C)(C)C)CC1. The molecule has 8 nitrogen and oxygen atoms in total. The van der Waals surface area contributed by atoms with Crippen LogP contribution in [0.3, 0.4) is 0 Å². The first-order valence-corrected chi connectivity index (χ1v) is 14.9. The maximum atomic E-state index is 13.6. The average molecular weight is 563 g/mol. The zero-order valence-corrected chi connectivity index (χ0v) is 25.5. The Hall–Kier alpha value is -3.55. The number of nitrogens with one attached hydrogen (secondary N) is 1. The number of nitrogens with zero attached hydrogens (tertiary/aromatic N) is 3. The van der Waals surface area contributed by atoms with Gasteiger partial charge in [0.2, 0.25) is 5.88 Å². The van der Waals surface area contributed by atoms with Gasteiger partial charge in [0.05, 0.1) is 7.11 Å². The van der Waals surface area contributed by atoms with Gasteiger partial charge in [-0.15, -0.1) is 0 Å². The summed E-state index contributed by atoms with van der Waals surface area (Å²) in [6.07, 6.45) is 9.43. The highest BCUT2D eigenvalue weighted by Gasteiger charge is 2.37. The van der Waals surface area contributed by atoms with Gasteiger partial charge in [0.1, 0.15) is 0 Å². The molecule has 0 atom stereocenters. The summed E-state index contributed by atoms with van der Waals surface area (Å²) < 4.78 is 5.59. The number of hydrogen-bond acceptors (Lipinski definition) is 5. The van der Waals surface area contributed by atoms with Crippen LogP contribution in [0.4, 0.5) is 10.5 Å². The Morgan fingerprint density at radius 2 is 1.83 bits per heavy atom. The van der Waals surface area contributed by atoms with Gasteiger partial charge in [-0.2, -0.15) is 0 Å². The maximum Gasteiger partial charge on any atom is 0.407 e. The molecule has 2 heterocycles. The number of methoxy groups -OCH3 is 1. The molecule has 1 aromatic carbocycles. The number of carboxylic acid groups (broad SMARTS) is 1. The molecule has 4 rings (SSSR count). The molecular weight excluding hydrogens is 516 g/mol. The predicted molar refractivity (Wildman–Crippen MR) is 163 cm³/mol. The molecule has 2 aromatic rings. The molecule has 1 fully saturated rings. The molecule has 8 heteroatoms. The van der Waals surface area contributed by atoms with E-state index >= 15 is 0 Å². The van der Waals surface area contributed by atoms with Gasteiger partial charge >= 0.3 is 6.09 Å². The minimum absolute atomic E-state index is 0.0191. The second-order valence-electron chi connectivity index (χ2n) is 12.2. The van der Waals surface area contributed by atoms with Crippen LogP contribution in [0.2, 0.25) is 0 Å². The van der Waals surface area contributed by atoms with E-state index in [0.29, 0.717) is 24.4 Å². The zero-order valence-electron chi connectivity index (χ0n) is 25.5. The molecule has 1 aromatic heterocycles. The standard InChI is InChI=1S/C33H46N4O4/c1-7-36(24-16-18-25(19-17-24)37(32(39)40)33(3,4)5)29-15-11-14-27-26(29)13-10-8-9-12-23-20-22(2)35-31(41-6)28(23)21-34-30(27)38/h8,10-11,14-15,20,24-25H,7,9,12-13,16-19,21H2,1-6H3,(H,34,38)(H,39,40). The highest BCUT2D eigenvalue weighted by atomic mass is 16.5. The van der Waals surface area contributed by atoms with E-state index in [-0.39, 0.29) is 18.0 Å². The van der Waals surface area contributed by atoms with Crippen LogP contribution in [0.1, 0.15) is 92.5 Å². The molecule has 0 unspecified atom stereocenters. The van der Waals surface area contributed by atoms with Crippen molar-refractivity contribution in [2.75, 3.05) is 18.6 Å². The third-order valence-corrected chi connectivity index (χ3v) is 8.44. The number of aryl methyl sites for hydroxylation is 2. The van der Waals surface area contributed by atoms with E-state index in [4.69, 9.17) is 4.74 Å². The number of anilines is 1. The highest BCUT2D eigenvalue weighted by Crippen LogP contribution is 2.35. The molecule has 222 valence electrons. The van der Waals surface area contributed by atoms with E-state index in [2.05, 4.69) is 46.4 Å². The normalized spacial score (nSPS) is 19.6. The molecule has 2 amide bonds. The van der Waals surface area contributed by atoms with Crippen molar-refractivity contribution in [1.29, 1.82) is 0 Å². The first-order valence-electron chi connectivity index (χ1n) is 14.9. The number of pyridine rings is 1. The van der Waals surface area contributed by atoms with E-state index in [1.807, 2.05) is 39.8 Å². The van der Waals surface area contributed by atoms with Crippen molar-refractivity contribution < 1.29 is 19.4 Å². The molecule has 0 saturated heterocycles. The Morgan fingerprint density at radius 1 is 1.12 bits per heavy atom. The third kappa shape index (κ3) is 6.85. The number of benzene rings is 1. The maximum absolute atomic E-state index is 13.6. The number of ether oxygens (including phenoxy) is 1. The fourth-order valence-corrected chi connectivity index (χ4v) is 6.65. The largest absolute Gasteiger partial charge is 0.481 e. The number of hydrogen-bond donors (Lipinski definition) is 2. The Bertz CT molecular complexity index is 1270. The lowest BCUT2D eigenvalue weighted by Gasteiger charge is -2.45. The van der Waals surface area contributed by atoms with E-state index in [1.54, 1.807) is 12.0 Å². The number of aromatic nitrogens is 1. The lowest BCUT2D eigenvalue weighted by atomic mass is 9.86. The monoisotopic (exact) mass is 562 g/mol. The fourth-order valence-electron chi connectivity index (χ4n) is 6.65.